The van der Waals surface area contributed by atoms with Crippen molar-refractivity contribution >= 4 is 11.8 Å². The molecule has 0 heterocycles. The van der Waals surface area contributed by atoms with E-state index < -0.39 is 0 Å². The van der Waals surface area contributed by atoms with Crippen molar-refractivity contribution in [3.8, 4) is 0 Å². The Hall–Kier alpha value is -0.470. The summed E-state index contributed by atoms with van der Waals surface area (Å²) in [7, 11) is 0. The predicted molar refractivity (Wildman–Crippen MR) is 53.4 cm³/mol. The average molecular weight is 181 g/mol. The Morgan fingerprint density at radius 2 is 2.33 bits per heavy atom. The fraction of sp³-hybridized carbons (Fsp3) is 0.300. The first-order valence-electron chi connectivity index (χ1n) is 3.86. The van der Waals surface area contributed by atoms with Crippen LogP contribution in [0.1, 0.15) is 11.5 Å². The van der Waals surface area contributed by atoms with E-state index in [9.17, 15) is 0 Å². The second-order valence-electron chi connectivity index (χ2n) is 2.66. The van der Waals surface area contributed by atoms with Crippen molar-refractivity contribution in [3.05, 3.63) is 36.8 Å². The summed E-state index contributed by atoms with van der Waals surface area (Å²) >= 11 is 1.70. The van der Waals surface area contributed by atoms with E-state index in [1.54, 1.807) is 11.8 Å². The third kappa shape index (κ3) is 2.26. The van der Waals surface area contributed by atoms with Gasteiger partial charge in [-0.25, -0.2) is 0 Å². The number of aliphatic hydroxyl groups excluding tert-OH is 1. The maximum absolute atomic E-state index is 8.88. The molecule has 1 atom stereocenters. The molecule has 1 aromatic carbocycles. The zero-order chi connectivity index (χ0) is 8.97. The van der Waals surface area contributed by atoms with E-state index in [0.717, 1.165) is 5.56 Å². The molecule has 0 aliphatic carbocycles. The van der Waals surface area contributed by atoms with Crippen LogP contribution in [0, 0.1) is 6.92 Å². The maximum atomic E-state index is 8.88. The van der Waals surface area contributed by atoms with Gasteiger partial charge in [0.2, 0.25) is 0 Å². The van der Waals surface area contributed by atoms with Crippen molar-refractivity contribution in [3.63, 3.8) is 0 Å². The fourth-order valence-corrected chi connectivity index (χ4v) is 1.47. The van der Waals surface area contributed by atoms with Crippen LogP contribution in [-0.4, -0.2) is 18.0 Å². The molecule has 65 valence electrons. The van der Waals surface area contributed by atoms with Gasteiger partial charge in [0, 0.05) is 17.4 Å². The molecule has 2 heteroatoms. The second-order valence-corrected chi connectivity index (χ2v) is 3.54. The summed E-state index contributed by atoms with van der Waals surface area (Å²) in [4.78, 5) is 1.22. The van der Waals surface area contributed by atoms with Gasteiger partial charge in [-0.1, -0.05) is 12.1 Å². The van der Waals surface area contributed by atoms with Crippen LogP contribution in [0.25, 0.3) is 0 Å². The summed E-state index contributed by atoms with van der Waals surface area (Å²) in [6.07, 6.45) is 2.04. The molecule has 0 aliphatic heterocycles. The number of rotatable bonds is 3. The quantitative estimate of drug-likeness (QED) is 0.722. The third-order valence-electron chi connectivity index (χ3n) is 1.79. The molecule has 1 radical (unpaired) electrons. The highest BCUT2D eigenvalue weighted by Gasteiger charge is 2.03. The minimum Gasteiger partial charge on any atom is -0.396 e. The largest absolute Gasteiger partial charge is 0.396 e. The van der Waals surface area contributed by atoms with E-state index in [2.05, 4.69) is 19.1 Å². The molecule has 1 rings (SSSR count). The Balaban J connectivity index is 2.86. The highest BCUT2D eigenvalue weighted by Crippen LogP contribution is 2.20. The van der Waals surface area contributed by atoms with E-state index in [1.165, 1.54) is 4.90 Å². The van der Waals surface area contributed by atoms with Crippen LogP contribution in [0.2, 0.25) is 0 Å². The minimum absolute atomic E-state index is 0.00269. The van der Waals surface area contributed by atoms with Gasteiger partial charge in [0.05, 0.1) is 0 Å². The maximum Gasteiger partial charge on any atom is 0.0499 e. The highest BCUT2D eigenvalue weighted by molar-refractivity contribution is 7.98. The van der Waals surface area contributed by atoms with Crippen LogP contribution in [0.15, 0.2) is 29.2 Å². The Kier molecular flexibility index (Phi) is 3.63. The van der Waals surface area contributed by atoms with Crippen LogP contribution >= 0.6 is 11.8 Å². The second kappa shape index (κ2) is 4.53. The van der Waals surface area contributed by atoms with Crippen LogP contribution in [-0.2, 0) is 0 Å². The summed E-state index contributed by atoms with van der Waals surface area (Å²) in [6.45, 7) is 3.95. The SMILES string of the molecule is [CH2]C(CO)c1cccc(SC)c1. The molecular weight excluding hydrogens is 168 g/mol. The zero-order valence-corrected chi connectivity index (χ0v) is 7.97. The number of benzene rings is 1. The van der Waals surface area contributed by atoms with Crippen molar-refractivity contribution in [2.24, 2.45) is 0 Å². The van der Waals surface area contributed by atoms with E-state index in [-0.39, 0.29) is 12.5 Å². The molecule has 1 aromatic rings. The van der Waals surface area contributed by atoms with Gasteiger partial charge in [-0.05, 0) is 30.9 Å². The van der Waals surface area contributed by atoms with Gasteiger partial charge in [-0.3, -0.25) is 0 Å². The lowest BCUT2D eigenvalue weighted by atomic mass is 10.0. The van der Waals surface area contributed by atoms with E-state index in [1.807, 2.05) is 18.4 Å². The van der Waals surface area contributed by atoms with Gasteiger partial charge in [0.1, 0.15) is 0 Å². The standard InChI is InChI=1S/C10H13OS/c1-8(7-11)9-4-3-5-10(6-9)12-2/h3-6,8,11H,1,7H2,2H3. The Labute approximate surface area is 77.8 Å². The molecule has 12 heavy (non-hydrogen) atoms. The molecule has 0 aliphatic rings. The molecular formula is C10H13OS. The first-order chi connectivity index (χ1) is 5.77. The Bertz CT molecular complexity index is 247. The minimum atomic E-state index is -0.00269. The van der Waals surface area contributed by atoms with Gasteiger partial charge < -0.3 is 5.11 Å². The average Bonchev–Trinajstić information content (AvgIpc) is 2.17. The molecule has 0 saturated heterocycles. The summed E-state index contributed by atoms with van der Waals surface area (Å²) in [5, 5.41) is 8.88. The van der Waals surface area contributed by atoms with Gasteiger partial charge >= 0.3 is 0 Å². The molecule has 1 unspecified atom stereocenters. The van der Waals surface area contributed by atoms with Crippen LogP contribution in [0.3, 0.4) is 0 Å². The predicted octanol–water partition coefficient (Wildman–Crippen LogP) is 2.32. The summed E-state index contributed by atoms with van der Waals surface area (Å²) in [5.74, 6) is -0.00269. The molecule has 0 fully saturated rings. The van der Waals surface area contributed by atoms with Gasteiger partial charge in [-0.2, -0.15) is 0 Å². The van der Waals surface area contributed by atoms with Crippen molar-refractivity contribution in [2.75, 3.05) is 12.9 Å². The van der Waals surface area contributed by atoms with Gasteiger partial charge in [0.15, 0.2) is 0 Å². The normalized spacial score (nSPS) is 12.9. The first kappa shape index (κ1) is 9.62. The molecule has 0 bridgehead atoms. The van der Waals surface area contributed by atoms with Crippen molar-refractivity contribution in [1.29, 1.82) is 0 Å². The number of aliphatic hydroxyl groups is 1. The molecule has 1 N–H and O–H groups in total. The van der Waals surface area contributed by atoms with Crippen molar-refractivity contribution < 1.29 is 5.11 Å². The van der Waals surface area contributed by atoms with Gasteiger partial charge in [0.25, 0.3) is 0 Å². The van der Waals surface area contributed by atoms with Crippen molar-refractivity contribution in [2.45, 2.75) is 10.8 Å². The smallest absolute Gasteiger partial charge is 0.0499 e. The van der Waals surface area contributed by atoms with Crippen molar-refractivity contribution in [1.82, 2.24) is 0 Å². The molecule has 1 nitrogen and oxygen atoms in total. The Morgan fingerprint density at radius 1 is 1.58 bits per heavy atom. The molecule has 0 spiro atoms. The molecule has 0 aromatic heterocycles. The summed E-state index contributed by atoms with van der Waals surface area (Å²) in [5.41, 5.74) is 1.10. The monoisotopic (exact) mass is 181 g/mol. The third-order valence-corrected chi connectivity index (χ3v) is 2.51. The van der Waals surface area contributed by atoms with E-state index in [4.69, 9.17) is 5.11 Å². The molecule has 0 amide bonds. The van der Waals surface area contributed by atoms with Crippen LogP contribution < -0.4 is 0 Å². The highest BCUT2D eigenvalue weighted by atomic mass is 32.2. The lowest BCUT2D eigenvalue weighted by Gasteiger charge is -2.08. The first-order valence-corrected chi connectivity index (χ1v) is 5.08. The van der Waals surface area contributed by atoms with E-state index in [0.29, 0.717) is 0 Å². The lowest BCUT2D eigenvalue weighted by Crippen LogP contribution is -1.98. The topological polar surface area (TPSA) is 20.2 Å². The number of hydrogen-bond donors (Lipinski definition) is 1. The van der Waals surface area contributed by atoms with Crippen LogP contribution in [0.5, 0.6) is 0 Å². The van der Waals surface area contributed by atoms with E-state index >= 15 is 0 Å². The Morgan fingerprint density at radius 3 is 2.92 bits per heavy atom. The summed E-state index contributed by atoms with van der Waals surface area (Å²) < 4.78 is 0. The number of thioether (sulfide) groups is 1. The van der Waals surface area contributed by atoms with Crippen LogP contribution in [0.4, 0.5) is 0 Å². The van der Waals surface area contributed by atoms with Gasteiger partial charge in [-0.15, -0.1) is 11.8 Å². The lowest BCUT2D eigenvalue weighted by molar-refractivity contribution is 0.282. The number of hydrogen-bond acceptors (Lipinski definition) is 2. The summed E-state index contributed by atoms with van der Waals surface area (Å²) in [6, 6.07) is 8.11. The molecule has 0 saturated carbocycles. The zero-order valence-electron chi connectivity index (χ0n) is 7.16. The fourth-order valence-electron chi connectivity index (χ4n) is 1.00.